The molecule has 0 saturated carbocycles. The molecular formula is C16H20FN3. The van der Waals surface area contributed by atoms with Crippen molar-refractivity contribution in [3.05, 3.63) is 59.7 Å². The molecule has 4 heteroatoms. The van der Waals surface area contributed by atoms with Gasteiger partial charge in [-0.25, -0.2) is 4.39 Å². The number of halogens is 1. The van der Waals surface area contributed by atoms with Crippen molar-refractivity contribution in [1.82, 2.24) is 10.3 Å². The summed E-state index contributed by atoms with van der Waals surface area (Å²) in [5.74, 6) is -0.170. The van der Waals surface area contributed by atoms with Crippen LogP contribution >= 0.6 is 0 Å². The molecule has 0 atom stereocenters. The van der Waals surface area contributed by atoms with Gasteiger partial charge in [-0.2, -0.15) is 0 Å². The van der Waals surface area contributed by atoms with Gasteiger partial charge in [0.1, 0.15) is 5.82 Å². The molecule has 1 N–H and O–H groups in total. The SMILES string of the molecule is CCN(Cc1ccccn1)c1cccc(F)c1CNC. The molecule has 0 radical (unpaired) electrons. The summed E-state index contributed by atoms with van der Waals surface area (Å²) in [6, 6.07) is 11.1. The molecule has 0 unspecified atom stereocenters. The van der Waals surface area contributed by atoms with E-state index in [-0.39, 0.29) is 5.82 Å². The van der Waals surface area contributed by atoms with Crippen LogP contribution in [0.3, 0.4) is 0 Å². The molecule has 1 heterocycles. The molecule has 0 aliphatic carbocycles. The summed E-state index contributed by atoms with van der Waals surface area (Å²) < 4.78 is 14.0. The van der Waals surface area contributed by atoms with Crippen molar-refractivity contribution in [2.24, 2.45) is 0 Å². The molecule has 0 aliphatic rings. The van der Waals surface area contributed by atoms with Crippen LogP contribution in [0.1, 0.15) is 18.2 Å². The highest BCUT2D eigenvalue weighted by Crippen LogP contribution is 2.24. The highest BCUT2D eigenvalue weighted by Gasteiger charge is 2.13. The van der Waals surface area contributed by atoms with Crippen LogP contribution in [0.4, 0.5) is 10.1 Å². The lowest BCUT2D eigenvalue weighted by Gasteiger charge is -2.25. The van der Waals surface area contributed by atoms with Gasteiger partial charge in [-0.05, 0) is 38.2 Å². The second-order valence-electron chi connectivity index (χ2n) is 4.60. The van der Waals surface area contributed by atoms with E-state index in [0.717, 1.165) is 17.9 Å². The quantitative estimate of drug-likeness (QED) is 0.877. The summed E-state index contributed by atoms with van der Waals surface area (Å²) in [7, 11) is 1.82. The van der Waals surface area contributed by atoms with Crippen molar-refractivity contribution in [1.29, 1.82) is 0 Å². The lowest BCUT2D eigenvalue weighted by Crippen LogP contribution is -2.25. The first-order chi connectivity index (χ1) is 9.76. The van der Waals surface area contributed by atoms with Gasteiger partial charge in [0.2, 0.25) is 0 Å². The smallest absolute Gasteiger partial charge is 0.129 e. The molecular weight excluding hydrogens is 253 g/mol. The van der Waals surface area contributed by atoms with Crippen LogP contribution in [0.5, 0.6) is 0 Å². The zero-order valence-electron chi connectivity index (χ0n) is 11.9. The van der Waals surface area contributed by atoms with Gasteiger partial charge in [0, 0.05) is 30.5 Å². The maximum atomic E-state index is 14.0. The van der Waals surface area contributed by atoms with Crippen LogP contribution in [0, 0.1) is 5.82 Å². The number of hydrogen-bond donors (Lipinski definition) is 1. The third kappa shape index (κ3) is 3.33. The average Bonchev–Trinajstić information content (AvgIpc) is 2.48. The van der Waals surface area contributed by atoms with Crippen LogP contribution < -0.4 is 10.2 Å². The highest BCUT2D eigenvalue weighted by atomic mass is 19.1. The van der Waals surface area contributed by atoms with Gasteiger partial charge in [0.15, 0.2) is 0 Å². The van der Waals surface area contributed by atoms with Crippen LogP contribution in [0.25, 0.3) is 0 Å². The number of pyridine rings is 1. The van der Waals surface area contributed by atoms with Gasteiger partial charge >= 0.3 is 0 Å². The summed E-state index contributed by atoms with van der Waals surface area (Å²) in [4.78, 5) is 6.48. The van der Waals surface area contributed by atoms with Gasteiger partial charge in [0.05, 0.1) is 12.2 Å². The van der Waals surface area contributed by atoms with E-state index in [9.17, 15) is 4.39 Å². The fourth-order valence-corrected chi connectivity index (χ4v) is 2.25. The molecule has 2 rings (SSSR count). The fraction of sp³-hybridized carbons (Fsp3) is 0.312. The maximum absolute atomic E-state index is 14.0. The molecule has 0 amide bonds. The summed E-state index contributed by atoms with van der Waals surface area (Å²) in [5.41, 5.74) is 2.61. The van der Waals surface area contributed by atoms with E-state index in [1.807, 2.05) is 31.3 Å². The summed E-state index contributed by atoms with van der Waals surface area (Å²) in [6.45, 7) is 4.06. The number of nitrogens with one attached hydrogen (secondary N) is 1. The Morgan fingerprint density at radius 3 is 2.70 bits per heavy atom. The predicted octanol–water partition coefficient (Wildman–Crippen LogP) is 2.97. The maximum Gasteiger partial charge on any atom is 0.129 e. The van der Waals surface area contributed by atoms with E-state index >= 15 is 0 Å². The minimum Gasteiger partial charge on any atom is -0.366 e. The van der Waals surface area contributed by atoms with Crippen molar-refractivity contribution in [3.8, 4) is 0 Å². The number of benzene rings is 1. The van der Waals surface area contributed by atoms with E-state index in [4.69, 9.17) is 0 Å². The first-order valence-electron chi connectivity index (χ1n) is 6.83. The Balaban J connectivity index is 2.29. The van der Waals surface area contributed by atoms with Crippen molar-refractivity contribution in [2.75, 3.05) is 18.5 Å². The standard InChI is InChI=1S/C16H20FN3/c1-3-20(12-13-7-4-5-10-19-13)16-9-6-8-15(17)14(16)11-18-2/h4-10,18H,3,11-12H2,1-2H3. The molecule has 1 aromatic carbocycles. The number of anilines is 1. The van der Waals surface area contributed by atoms with Crippen LogP contribution in [-0.2, 0) is 13.1 Å². The first kappa shape index (κ1) is 14.5. The Kier molecular flexibility index (Phi) is 5.07. The largest absolute Gasteiger partial charge is 0.366 e. The normalized spacial score (nSPS) is 10.6. The van der Waals surface area contributed by atoms with E-state index in [1.54, 1.807) is 12.3 Å². The van der Waals surface area contributed by atoms with Crippen molar-refractivity contribution >= 4 is 5.69 Å². The summed E-state index contributed by atoms with van der Waals surface area (Å²) in [5, 5.41) is 3.03. The number of nitrogens with zero attached hydrogens (tertiary/aromatic N) is 2. The van der Waals surface area contributed by atoms with Crippen molar-refractivity contribution in [3.63, 3.8) is 0 Å². The Labute approximate surface area is 119 Å². The zero-order valence-corrected chi connectivity index (χ0v) is 11.9. The number of aromatic nitrogens is 1. The van der Waals surface area contributed by atoms with E-state index in [0.29, 0.717) is 18.7 Å². The summed E-state index contributed by atoms with van der Waals surface area (Å²) >= 11 is 0. The molecule has 0 aliphatic heterocycles. The van der Waals surface area contributed by atoms with E-state index < -0.39 is 0 Å². The predicted molar refractivity (Wildman–Crippen MR) is 80.1 cm³/mol. The van der Waals surface area contributed by atoms with Crippen molar-refractivity contribution < 1.29 is 4.39 Å². The van der Waals surface area contributed by atoms with E-state index in [1.165, 1.54) is 6.07 Å². The minimum atomic E-state index is -0.170. The number of rotatable bonds is 6. The first-order valence-corrected chi connectivity index (χ1v) is 6.83. The second kappa shape index (κ2) is 7.01. The zero-order chi connectivity index (χ0) is 14.4. The average molecular weight is 273 g/mol. The van der Waals surface area contributed by atoms with Crippen LogP contribution in [-0.4, -0.2) is 18.6 Å². The molecule has 2 aromatic rings. The third-order valence-corrected chi connectivity index (χ3v) is 3.25. The lowest BCUT2D eigenvalue weighted by molar-refractivity contribution is 0.598. The topological polar surface area (TPSA) is 28.2 Å². The Hall–Kier alpha value is -1.94. The Morgan fingerprint density at radius 2 is 2.05 bits per heavy atom. The van der Waals surface area contributed by atoms with Crippen molar-refractivity contribution in [2.45, 2.75) is 20.0 Å². The fourth-order valence-electron chi connectivity index (χ4n) is 2.25. The van der Waals surface area contributed by atoms with Gasteiger partial charge in [-0.1, -0.05) is 12.1 Å². The van der Waals surface area contributed by atoms with Gasteiger partial charge < -0.3 is 10.2 Å². The van der Waals surface area contributed by atoms with Crippen LogP contribution in [0.2, 0.25) is 0 Å². The van der Waals surface area contributed by atoms with Gasteiger partial charge in [-0.15, -0.1) is 0 Å². The lowest BCUT2D eigenvalue weighted by atomic mass is 10.1. The molecule has 106 valence electrons. The molecule has 0 bridgehead atoms. The van der Waals surface area contributed by atoms with E-state index in [2.05, 4.69) is 22.1 Å². The molecule has 20 heavy (non-hydrogen) atoms. The Morgan fingerprint density at radius 1 is 1.20 bits per heavy atom. The monoisotopic (exact) mass is 273 g/mol. The van der Waals surface area contributed by atoms with Gasteiger partial charge in [0.25, 0.3) is 0 Å². The number of hydrogen-bond acceptors (Lipinski definition) is 3. The molecule has 3 nitrogen and oxygen atoms in total. The van der Waals surface area contributed by atoms with Crippen LogP contribution in [0.15, 0.2) is 42.6 Å². The molecule has 0 fully saturated rings. The van der Waals surface area contributed by atoms with Gasteiger partial charge in [-0.3, -0.25) is 4.98 Å². The molecule has 0 saturated heterocycles. The molecule has 1 aromatic heterocycles. The Bertz CT molecular complexity index is 543. The summed E-state index contributed by atoms with van der Waals surface area (Å²) in [6.07, 6.45) is 1.78. The second-order valence-corrected chi connectivity index (χ2v) is 4.60. The minimum absolute atomic E-state index is 0.170. The molecule has 0 spiro atoms. The third-order valence-electron chi connectivity index (χ3n) is 3.25. The highest BCUT2D eigenvalue weighted by molar-refractivity contribution is 5.54.